The van der Waals surface area contributed by atoms with E-state index in [2.05, 4.69) is 99.0 Å². The van der Waals surface area contributed by atoms with Crippen LogP contribution in [0.2, 0.25) is 0 Å². The van der Waals surface area contributed by atoms with Gasteiger partial charge in [-0.3, -0.25) is 0 Å². The maximum atomic E-state index is 4.47. The van der Waals surface area contributed by atoms with Gasteiger partial charge in [-0.2, -0.15) is 0 Å². The highest BCUT2D eigenvalue weighted by Gasteiger charge is 2.27. The molecule has 0 aliphatic carbocycles. The van der Waals surface area contributed by atoms with E-state index in [1.165, 1.54) is 34.5 Å². The van der Waals surface area contributed by atoms with Crippen molar-refractivity contribution in [3.63, 3.8) is 0 Å². The van der Waals surface area contributed by atoms with Gasteiger partial charge >= 0.3 is 0 Å². The minimum absolute atomic E-state index is 0.175. The van der Waals surface area contributed by atoms with E-state index in [1.54, 1.807) is 0 Å². The van der Waals surface area contributed by atoms with Crippen LogP contribution in [0.4, 0.5) is 5.69 Å². The lowest BCUT2D eigenvalue weighted by atomic mass is 9.80. The Morgan fingerprint density at radius 3 is 2.31 bits per heavy atom. The van der Waals surface area contributed by atoms with Crippen LogP contribution in [0.15, 0.2) is 85.4 Å². The molecule has 0 saturated carbocycles. The Morgan fingerprint density at radius 2 is 1.76 bits per heavy atom. The van der Waals surface area contributed by atoms with E-state index in [9.17, 15) is 0 Å². The van der Waals surface area contributed by atoms with Gasteiger partial charge in [0.1, 0.15) is 0 Å². The average Bonchev–Trinajstić information content (AvgIpc) is 3.13. The summed E-state index contributed by atoms with van der Waals surface area (Å²) in [4.78, 5) is 4.45. The maximum Gasteiger partial charge on any atom is 0.0408 e. The van der Waals surface area contributed by atoms with Gasteiger partial charge < -0.3 is 9.80 Å². The van der Waals surface area contributed by atoms with Crippen molar-refractivity contribution in [2.24, 2.45) is 0 Å². The molecule has 0 bridgehead atoms. The molecule has 1 aliphatic heterocycles. The lowest BCUT2D eigenvalue weighted by Gasteiger charge is -2.33. The van der Waals surface area contributed by atoms with Gasteiger partial charge in [-0.05, 0) is 55.9 Å². The Morgan fingerprint density at radius 1 is 1.07 bits per heavy atom. The third kappa shape index (κ3) is 4.48. The zero-order valence-corrected chi connectivity index (χ0v) is 18.4. The Labute approximate surface area is 176 Å². The Bertz CT molecular complexity index is 906. The summed E-state index contributed by atoms with van der Waals surface area (Å²) in [6.07, 6.45) is 2.28. The van der Waals surface area contributed by atoms with Crippen molar-refractivity contribution < 1.29 is 0 Å². The standard InChI is InChI=1S/C27H34N2/c1-19(2)28(7)23(6)27(22(5)25-12-8-10-20(3)18-25)24-13-15-26(16-14-24)29-17-9-11-21(29)4/h8,10,12-16,18,22,27H,1,4,6,9,11,17H2,2-3,5,7H3/t22?,27-/m1/s1. The van der Waals surface area contributed by atoms with E-state index >= 15 is 0 Å². The second-order valence-electron chi connectivity index (χ2n) is 8.38. The van der Waals surface area contributed by atoms with Crippen LogP contribution in [0.25, 0.3) is 0 Å². The molecule has 2 heteroatoms. The quantitative estimate of drug-likeness (QED) is 0.507. The normalized spacial score (nSPS) is 15.9. The third-order valence-corrected chi connectivity index (χ3v) is 6.22. The molecule has 0 spiro atoms. The van der Waals surface area contributed by atoms with Gasteiger partial charge in [0.15, 0.2) is 0 Å². The van der Waals surface area contributed by atoms with Crippen LogP contribution in [0.3, 0.4) is 0 Å². The molecule has 2 atom stereocenters. The SMILES string of the molecule is C=C(C)N(C)C(=C)[C@H](c1ccc(N2CCCC2=C)cc1)C(C)c1cccc(C)c1. The van der Waals surface area contributed by atoms with Crippen molar-refractivity contribution in [1.29, 1.82) is 0 Å². The van der Waals surface area contributed by atoms with Crippen LogP contribution in [-0.4, -0.2) is 18.5 Å². The smallest absolute Gasteiger partial charge is 0.0408 e. The highest BCUT2D eigenvalue weighted by atomic mass is 15.2. The van der Waals surface area contributed by atoms with Crippen LogP contribution in [0, 0.1) is 6.92 Å². The molecular formula is C27H34N2. The molecule has 29 heavy (non-hydrogen) atoms. The summed E-state index contributed by atoms with van der Waals surface area (Å²) < 4.78 is 0. The zero-order chi connectivity index (χ0) is 21.1. The Kier molecular flexibility index (Phi) is 6.32. The number of likely N-dealkylation sites (N-methyl/N-ethyl adjacent to an activating group) is 1. The minimum Gasteiger partial charge on any atom is -0.352 e. The van der Waals surface area contributed by atoms with Crippen LogP contribution >= 0.6 is 0 Å². The molecule has 2 aromatic carbocycles. The van der Waals surface area contributed by atoms with Crippen molar-refractivity contribution in [2.75, 3.05) is 18.5 Å². The summed E-state index contributed by atoms with van der Waals surface area (Å²) in [7, 11) is 2.06. The molecule has 0 amide bonds. The molecule has 2 aromatic rings. The summed E-state index contributed by atoms with van der Waals surface area (Å²) in [6.45, 7) is 20.3. The van der Waals surface area contributed by atoms with Gasteiger partial charge in [-0.15, -0.1) is 0 Å². The number of benzene rings is 2. The number of anilines is 1. The molecule has 0 radical (unpaired) electrons. The maximum absolute atomic E-state index is 4.47. The first-order chi connectivity index (χ1) is 13.8. The highest BCUT2D eigenvalue weighted by molar-refractivity contribution is 5.55. The van der Waals surface area contributed by atoms with E-state index in [0.717, 1.165) is 24.4 Å². The number of hydrogen-bond donors (Lipinski definition) is 0. The van der Waals surface area contributed by atoms with Crippen LogP contribution in [0.1, 0.15) is 55.2 Å². The van der Waals surface area contributed by atoms with Gasteiger partial charge in [0, 0.05) is 42.3 Å². The van der Waals surface area contributed by atoms with Gasteiger partial charge in [0.2, 0.25) is 0 Å². The Hall–Kier alpha value is -2.74. The zero-order valence-electron chi connectivity index (χ0n) is 18.4. The number of aryl methyl sites for hydroxylation is 1. The first-order valence-electron chi connectivity index (χ1n) is 10.5. The minimum atomic E-state index is 0.175. The largest absolute Gasteiger partial charge is 0.352 e. The highest BCUT2D eigenvalue weighted by Crippen LogP contribution is 2.40. The number of nitrogens with zero attached hydrogens (tertiary/aromatic N) is 2. The molecule has 1 saturated heterocycles. The summed E-state index contributed by atoms with van der Waals surface area (Å²) in [5.41, 5.74) is 8.43. The van der Waals surface area contributed by atoms with Gasteiger partial charge in [0.25, 0.3) is 0 Å². The number of hydrogen-bond acceptors (Lipinski definition) is 2. The summed E-state index contributed by atoms with van der Waals surface area (Å²) in [6, 6.07) is 17.8. The van der Waals surface area contributed by atoms with Crippen LogP contribution in [-0.2, 0) is 0 Å². The molecule has 0 aromatic heterocycles. The fourth-order valence-electron chi connectivity index (χ4n) is 4.28. The molecule has 1 fully saturated rings. The van der Waals surface area contributed by atoms with E-state index in [-0.39, 0.29) is 5.92 Å². The van der Waals surface area contributed by atoms with E-state index in [4.69, 9.17) is 0 Å². The Balaban J connectivity index is 1.97. The number of allylic oxidation sites excluding steroid dienone is 3. The summed E-state index contributed by atoms with van der Waals surface area (Å²) in [5.74, 6) is 0.478. The van der Waals surface area contributed by atoms with Crippen molar-refractivity contribution in [3.8, 4) is 0 Å². The summed E-state index contributed by atoms with van der Waals surface area (Å²) >= 11 is 0. The first-order valence-corrected chi connectivity index (χ1v) is 10.5. The van der Waals surface area contributed by atoms with Crippen LogP contribution in [0.5, 0.6) is 0 Å². The molecular weight excluding hydrogens is 352 g/mol. The molecule has 1 aliphatic rings. The lowest BCUT2D eigenvalue weighted by molar-refractivity contribution is 0.450. The number of rotatable bonds is 7. The summed E-state index contributed by atoms with van der Waals surface area (Å²) in [5, 5.41) is 0. The first kappa shape index (κ1) is 21.0. The van der Waals surface area contributed by atoms with Crippen molar-refractivity contribution in [3.05, 3.63) is 102 Å². The topological polar surface area (TPSA) is 6.48 Å². The monoisotopic (exact) mass is 386 g/mol. The molecule has 3 rings (SSSR count). The fraction of sp³-hybridized carbons (Fsp3) is 0.333. The van der Waals surface area contributed by atoms with E-state index in [1.807, 2.05) is 6.92 Å². The van der Waals surface area contributed by atoms with Gasteiger partial charge in [-0.1, -0.05) is 68.6 Å². The predicted molar refractivity (Wildman–Crippen MR) is 126 cm³/mol. The van der Waals surface area contributed by atoms with E-state index < -0.39 is 0 Å². The average molecular weight is 387 g/mol. The lowest BCUT2D eigenvalue weighted by Crippen LogP contribution is -2.23. The van der Waals surface area contributed by atoms with Crippen molar-refractivity contribution >= 4 is 5.69 Å². The van der Waals surface area contributed by atoms with Gasteiger partial charge in [0.05, 0.1) is 0 Å². The second kappa shape index (κ2) is 8.73. The van der Waals surface area contributed by atoms with Crippen molar-refractivity contribution in [1.82, 2.24) is 4.90 Å². The fourth-order valence-corrected chi connectivity index (χ4v) is 4.28. The van der Waals surface area contributed by atoms with Crippen molar-refractivity contribution in [2.45, 2.75) is 45.4 Å². The molecule has 1 heterocycles. The van der Waals surface area contributed by atoms with Gasteiger partial charge in [-0.25, -0.2) is 0 Å². The molecule has 152 valence electrons. The molecule has 2 nitrogen and oxygen atoms in total. The molecule has 1 unspecified atom stereocenters. The van der Waals surface area contributed by atoms with Crippen LogP contribution < -0.4 is 4.90 Å². The second-order valence-corrected chi connectivity index (χ2v) is 8.38. The molecule has 0 N–H and O–H groups in total. The van der Waals surface area contributed by atoms with E-state index in [0.29, 0.717) is 5.92 Å². The third-order valence-electron chi connectivity index (χ3n) is 6.22. The predicted octanol–water partition coefficient (Wildman–Crippen LogP) is 6.98.